The van der Waals surface area contributed by atoms with Crippen LogP contribution in [0, 0.1) is 12.7 Å². The number of hydrogen-bond donors (Lipinski definition) is 1. The predicted octanol–water partition coefficient (Wildman–Crippen LogP) is 6.72. The van der Waals surface area contributed by atoms with Gasteiger partial charge >= 0.3 is 6.03 Å². The second-order valence-electron chi connectivity index (χ2n) is 7.90. The van der Waals surface area contributed by atoms with Crippen LogP contribution in [0.15, 0.2) is 85.1 Å². The van der Waals surface area contributed by atoms with Crippen LogP contribution in [-0.4, -0.2) is 15.5 Å². The number of urea groups is 1. The number of nitrogens with one attached hydrogen (secondary N) is 1. The number of halogens is 2. The monoisotopic (exact) mass is 445 g/mol. The van der Waals surface area contributed by atoms with E-state index in [0.29, 0.717) is 17.3 Å². The number of carbonyl (C=O) groups is 1. The molecule has 1 aliphatic heterocycles. The molecule has 1 atom stereocenters. The third kappa shape index (κ3) is 3.65. The molecule has 0 spiro atoms. The number of benzene rings is 3. The van der Waals surface area contributed by atoms with E-state index >= 15 is 0 Å². The van der Waals surface area contributed by atoms with Crippen molar-refractivity contribution in [1.29, 1.82) is 0 Å². The molecule has 160 valence electrons. The Kier molecular flexibility index (Phi) is 5.19. The van der Waals surface area contributed by atoms with E-state index in [9.17, 15) is 9.18 Å². The number of carbonyl (C=O) groups excluding carboxylic acids is 1. The minimum absolute atomic E-state index is 0.255. The zero-order chi connectivity index (χ0) is 22.2. The van der Waals surface area contributed by atoms with Crippen LogP contribution >= 0.6 is 11.6 Å². The maximum Gasteiger partial charge on any atom is 0.322 e. The second kappa shape index (κ2) is 8.17. The maximum atomic E-state index is 13.7. The number of nitrogens with zero attached hydrogens (tertiary/aromatic N) is 2. The smallest absolute Gasteiger partial charge is 0.318 e. The third-order valence-corrected chi connectivity index (χ3v) is 6.09. The van der Waals surface area contributed by atoms with Gasteiger partial charge in [-0.05, 0) is 66.1 Å². The molecule has 32 heavy (non-hydrogen) atoms. The number of hydrogen-bond acceptors (Lipinski definition) is 1. The molecular formula is C26H21ClFN3O. The molecule has 1 N–H and O–H groups in total. The minimum atomic E-state index is -0.405. The standard InChI is InChI=1S/C26H21ClFN3O/c1-17-8-11-20(27)15-22(17)29-26(32)31-16-19-5-2-3-6-23(19)30-14-4-7-24(30)25(31)18-9-12-21(28)13-10-18/h2-15,25H,16H2,1H3,(H,29,32)/t25-/m1/s1. The molecule has 0 radical (unpaired) electrons. The molecule has 3 aromatic carbocycles. The minimum Gasteiger partial charge on any atom is -0.318 e. The van der Waals surface area contributed by atoms with Gasteiger partial charge in [0.2, 0.25) is 0 Å². The summed E-state index contributed by atoms with van der Waals surface area (Å²) in [5, 5.41) is 3.58. The summed E-state index contributed by atoms with van der Waals surface area (Å²) >= 11 is 6.17. The molecule has 0 aliphatic carbocycles. The van der Waals surface area contributed by atoms with E-state index in [1.165, 1.54) is 12.1 Å². The first-order valence-electron chi connectivity index (χ1n) is 10.4. The zero-order valence-corrected chi connectivity index (χ0v) is 18.2. The normalized spacial score (nSPS) is 15.0. The van der Waals surface area contributed by atoms with Gasteiger partial charge in [-0.15, -0.1) is 0 Å². The number of fused-ring (bicyclic) bond motifs is 3. The maximum absolute atomic E-state index is 13.7. The molecule has 4 nitrogen and oxygen atoms in total. The predicted molar refractivity (Wildman–Crippen MR) is 125 cm³/mol. The van der Waals surface area contributed by atoms with Crippen LogP contribution in [0.25, 0.3) is 5.69 Å². The Hall–Kier alpha value is -3.57. The molecule has 0 saturated heterocycles. The van der Waals surface area contributed by atoms with Crippen LogP contribution in [0.2, 0.25) is 5.02 Å². The second-order valence-corrected chi connectivity index (χ2v) is 8.34. The Labute approximate surface area is 190 Å². The lowest BCUT2D eigenvalue weighted by atomic mass is 10.0. The Morgan fingerprint density at radius 2 is 1.81 bits per heavy atom. The molecule has 4 aromatic rings. The van der Waals surface area contributed by atoms with Crippen LogP contribution in [0.3, 0.4) is 0 Å². The molecular weight excluding hydrogens is 425 g/mol. The number of rotatable bonds is 2. The quantitative estimate of drug-likeness (QED) is 0.365. The van der Waals surface area contributed by atoms with Crippen LogP contribution in [0.5, 0.6) is 0 Å². The first-order valence-corrected chi connectivity index (χ1v) is 10.7. The molecule has 1 aliphatic rings. The lowest BCUT2D eigenvalue weighted by molar-refractivity contribution is 0.194. The molecule has 0 saturated carbocycles. The van der Waals surface area contributed by atoms with Gasteiger partial charge in [-0.1, -0.05) is 48.0 Å². The molecule has 1 aromatic heterocycles. The number of para-hydroxylation sites is 1. The SMILES string of the molecule is Cc1ccc(Cl)cc1NC(=O)N1Cc2ccccc2-n2cccc2[C@H]1c1ccc(F)cc1. The summed E-state index contributed by atoms with van der Waals surface area (Å²) in [4.78, 5) is 15.4. The lowest BCUT2D eigenvalue weighted by Crippen LogP contribution is -2.38. The fraction of sp³-hybridized carbons (Fsp3) is 0.115. The van der Waals surface area contributed by atoms with Gasteiger partial charge in [-0.3, -0.25) is 0 Å². The van der Waals surface area contributed by atoms with E-state index in [4.69, 9.17) is 11.6 Å². The summed E-state index contributed by atoms with van der Waals surface area (Å²) < 4.78 is 15.8. The molecule has 0 unspecified atom stereocenters. The Morgan fingerprint density at radius 3 is 2.62 bits per heavy atom. The molecule has 6 heteroatoms. The molecule has 0 bridgehead atoms. The number of anilines is 1. The first-order chi connectivity index (χ1) is 15.5. The highest BCUT2D eigenvalue weighted by Gasteiger charge is 2.33. The van der Waals surface area contributed by atoms with Crippen LogP contribution in [0.4, 0.5) is 14.9 Å². The van der Waals surface area contributed by atoms with Gasteiger partial charge in [0.05, 0.1) is 18.3 Å². The number of amides is 2. The molecule has 5 rings (SSSR count). The van der Waals surface area contributed by atoms with Crippen molar-refractivity contribution in [2.24, 2.45) is 0 Å². The van der Waals surface area contributed by atoms with Crippen molar-refractivity contribution >= 4 is 23.3 Å². The van der Waals surface area contributed by atoms with Gasteiger partial charge in [0.15, 0.2) is 0 Å². The topological polar surface area (TPSA) is 37.3 Å². The van der Waals surface area contributed by atoms with E-state index < -0.39 is 6.04 Å². The van der Waals surface area contributed by atoms with E-state index in [-0.39, 0.29) is 11.8 Å². The number of aryl methyl sites for hydroxylation is 1. The molecule has 2 amide bonds. The summed E-state index contributed by atoms with van der Waals surface area (Å²) in [5.74, 6) is -0.313. The van der Waals surface area contributed by atoms with Gasteiger partial charge in [0.1, 0.15) is 5.82 Å². The van der Waals surface area contributed by atoms with Crippen molar-refractivity contribution in [2.45, 2.75) is 19.5 Å². The molecule has 0 fully saturated rings. The summed E-state index contributed by atoms with van der Waals surface area (Å²) in [7, 11) is 0. The summed E-state index contributed by atoms with van der Waals surface area (Å²) in [6, 6.07) is 23.1. The number of aromatic nitrogens is 1. The van der Waals surface area contributed by atoms with Crippen LogP contribution in [0.1, 0.15) is 28.4 Å². The first kappa shape index (κ1) is 20.3. The molecule has 2 heterocycles. The average molecular weight is 446 g/mol. The average Bonchev–Trinajstić information content (AvgIpc) is 3.21. The van der Waals surface area contributed by atoms with E-state index in [2.05, 4.69) is 9.88 Å². The highest BCUT2D eigenvalue weighted by Crippen LogP contribution is 2.37. The van der Waals surface area contributed by atoms with Gasteiger partial charge in [0.25, 0.3) is 0 Å². The van der Waals surface area contributed by atoms with Crippen molar-refractivity contribution in [3.8, 4) is 5.69 Å². The Balaban J connectivity index is 1.63. The fourth-order valence-electron chi connectivity index (χ4n) is 4.25. The highest BCUT2D eigenvalue weighted by molar-refractivity contribution is 6.31. The largest absolute Gasteiger partial charge is 0.322 e. The van der Waals surface area contributed by atoms with Crippen molar-refractivity contribution in [1.82, 2.24) is 9.47 Å². The fourth-order valence-corrected chi connectivity index (χ4v) is 4.42. The van der Waals surface area contributed by atoms with E-state index in [0.717, 1.165) is 28.1 Å². The van der Waals surface area contributed by atoms with Crippen molar-refractivity contribution in [2.75, 3.05) is 5.32 Å². The lowest BCUT2D eigenvalue weighted by Gasteiger charge is -2.31. The van der Waals surface area contributed by atoms with Crippen molar-refractivity contribution < 1.29 is 9.18 Å². The van der Waals surface area contributed by atoms with Gasteiger partial charge in [-0.25, -0.2) is 9.18 Å². The van der Waals surface area contributed by atoms with Gasteiger partial charge in [0, 0.05) is 22.6 Å². The summed E-state index contributed by atoms with van der Waals surface area (Å²) in [5.41, 5.74) is 5.38. The zero-order valence-electron chi connectivity index (χ0n) is 17.4. The van der Waals surface area contributed by atoms with Gasteiger partial charge < -0.3 is 14.8 Å². The Bertz CT molecular complexity index is 1300. The van der Waals surface area contributed by atoms with Gasteiger partial charge in [-0.2, -0.15) is 0 Å². The van der Waals surface area contributed by atoms with E-state index in [1.807, 2.05) is 55.6 Å². The van der Waals surface area contributed by atoms with Crippen molar-refractivity contribution in [3.05, 3.63) is 118 Å². The summed E-state index contributed by atoms with van der Waals surface area (Å²) in [6.07, 6.45) is 1.99. The van der Waals surface area contributed by atoms with Crippen LogP contribution < -0.4 is 5.32 Å². The third-order valence-electron chi connectivity index (χ3n) is 5.85. The van der Waals surface area contributed by atoms with Crippen LogP contribution in [-0.2, 0) is 6.54 Å². The van der Waals surface area contributed by atoms with Crippen molar-refractivity contribution in [3.63, 3.8) is 0 Å². The van der Waals surface area contributed by atoms with E-state index in [1.54, 1.807) is 29.2 Å². The highest BCUT2D eigenvalue weighted by atomic mass is 35.5. The Morgan fingerprint density at radius 1 is 1.03 bits per heavy atom. The summed E-state index contributed by atoms with van der Waals surface area (Å²) in [6.45, 7) is 2.32.